The van der Waals surface area contributed by atoms with E-state index in [1.54, 1.807) is 0 Å². The summed E-state index contributed by atoms with van der Waals surface area (Å²) in [6, 6.07) is 0.619. The Morgan fingerprint density at radius 2 is 0.711 bits per heavy atom. The van der Waals surface area contributed by atoms with Gasteiger partial charge in [-0.05, 0) is 32.6 Å². The normalized spacial score (nSPS) is 13.1. The summed E-state index contributed by atoms with van der Waals surface area (Å²) in [5.74, 6) is 2.25. The van der Waals surface area contributed by atoms with Crippen molar-refractivity contribution in [2.45, 2.75) is 258 Å². The SMILES string of the molecule is CCCCCCCCCCCCCCCCC(CCCCCCCCC)c1[nH]cc[n+]1C(C)CCCCCCCCCCCC. The minimum absolute atomic E-state index is 0.619. The number of unbranched alkanes of at least 4 members (excludes halogenated alkanes) is 28. The highest BCUT2D eigenvalue weighted by atomic mass is 15.1. The molecule has 1 rings (SSSR count). The predicted octanol–water partition coefficient (Wildman–Crippen LogP) is 15.3. The molecular weight excluding hydrogens is 544 g/mol. The summed E-state index contributed by atoms with van der Waals surface area (Å²) in [5, 5.41) is 0. The Balaban J connectivity index is 2.36. The second-order valence-corrected chi connectivity index (χ2v) is 15.1. The van der Waals surface area contributed by atoms with E-state index in [2.05, 4.69) is 49.6 Å². The average Bonchev–Trinajstić information content (AvgIpc) is 3.54. The molecule has 0 spiro atoms. The van der Waals surface area contributed by atoms with E-state index in [0.29, 0.717) is 12.0 Å². The van der Waals surface area contributed by atoms with Crippen LogP contribution in [0.4, 0.5) is 0 Å². The monoisotopic (exact) mass is 630 g/mol. The van der Waals surface area contributed by atoms with Crippen molar-refractivity contribution in [1.82, 2.24) is 4.98 Å². The standard InChI is InChI=1S/C43H84N2/c1-5-8-11-14-17-19-21-22-23-24-26-29-32-35-38-42(37-34-31-27-16-13-10-7-3)43-44-39-40-45(43)41(4)36-33-30-28-25-20-18-15-12-9-6-2/h39-42H,5-38H2,1-4H3/p+1. The fraction of sp³-hybridized carbons (Fsp3) is 0.930. The Morgan fingerprint density at radius 3 is 1.04 bits per heavy atom. The van der Waals surface area contributed by atoms with Crippen LogP contribution in [-0.2, 0) is 0 Å². The lowest BCUT2D eigenvalue weighted by molar-refractivity contribution is -0.727. The van der Waals surface area contributed by atoms with Crippen molar-refractivity contribution in [2.75, 3.05) is 0 Å². The van der Waals surface area contributed by atoms with Crippen LogP contribution < -0.4 is 4.57 Å². The van der Waals surface area contributed by atoms with Crippen molar-refractivity contribution in [3.05, 3.63) is 18.2 Å². The third-order valence-corrected chi connectivity index (χ3v) is 10.6. The van der Waals surface area contributed by atoms with Gasteiger partial charge >= 0.3 is 0 Å². The summed E-state index contributed by atoms with van der Waals surface area (Å²) in [5.41, 5.74) is 0. The first kappa shape index (κ1) is 42.2. The van der Waals surface area contributed by atoms with E-state index >= 15 is 0 Å². The van der Waals surface area contributed by atoms with E-state index in [9.17, 15) is 0 Å². The maximum Gasteiger partial charge on any atom is 0.257 e. The number of rotatable bonds is 36. The molecule has 0 radical (unpaired) electrons. The highest BCUT2D eigenvalue weighted by Gasteiger charge is 2.25. The van der Waals surface area contributed by atoms with Crippen molar-refractivity contribution in [3.8, 4) is 0 Å². The average molecular weight is 630 g/mol. The Hall–Kier alpha value is -0.790. The number of nitrogens with one attached hydrogen (secondary N) is 1. The van der Waals surface area contributed by atoms with Gasteiger partial charge in [-0.25, -0.2) is 9.55 Å². The minimum atomic E-state index is 0.619. The summed E-state index contributed by atoms with van der Waals surface area (Å²) < 4.78 is 2.64. The summed E-state index contributed by atoms with van der Waals surface area (Å²) in [6.07, 6.45) is 53.1. The number of aromatic nitrogens is 2. The van der Waals surface area contributed by atoms with Gasteiger partial charge < -0.3 is 0 Å². The second-order valence-electron chi connectivity index (χ2n) is 15.1. The molecule has 0 amide bonds. The highest BCUT2D eigenvalue weighted by molar-refractivity contribution is 4.90. The molecule has 0 fully saturated rings. The van der Waals surface area contributed by atoms with Crippen LogP contribution in [0.1, 0.15) is 264 Å². The zero-order valence-electron chi connectivity index (χ0n) is 31.8. The van der Waals surface area contributed by atoms with Crippen LogP contribution in [0.3, 0.4) is 0 Å². The lowest BCUT2D eigenvalue weighted by Crippen LogP contribution is -2.41. The second kappa shape index (κ2) is 33.1. The van der Waals surface area contributed by atoms with Crippen molar-refractivity contribution < 1.29 is 4.57 Å². The third kappa shape index (κ3) is 25.0. The third-order valence-electron chi connectivity index (χ3n) is 10.6. The molecule has 1 N–H and O–H groups in total. The molecule has 0 aliphatic carbocycles. The molecule has 2 atom stereocenters. The van der Waals surface area contributed by atoms with Gasteiger partial charge in [0.25, 0.3) is 5.82 Å². The van der Waals surface area contributed by atoms with E-state index in [1.165, 1.54) is 224 Å². The first-order chi connectivity index (χ1) is 22.2. The van der Waals surface area contributed by atoms with Gasteiger partial charge in [0.05, 0.1) is 12.0 Å². The number of imidazole rings is 1. The smallest absolute Gasteiger partial charge is 0.247 e. The Labute approximate surface area is 285 Å². The van der Waals surface area contributed by atoms with E-state index in [4.69, 9.17) is 0 Å². The van der Waals surface area contributed by atoms with Gasteiger partial charge in [-0.15, -0.1) is 0 Å². The van der Waals surface area contributed by atoms with E-state index in [0.717, 1.165) is 0 Å². The predicted molar refractivity (Wildman–Crippen MR) is 202 cm³/mol. The van der Waals surface area contributed by atoms with E-state index in [-0.39, 0.29) is 0 Å². The molecule has 0 aliphatic heterocycles. The van der Waals surface area contributed by atoms with Crippen molar-refractivity contribution >= 4 is 0 Å². The zero-order valence-corrected chi connectivity index (χ0v) is 31.8. The summed E-state index contributed by atoms with van der Waals surface area (Å²) >= 11 is 0. The molecule has 1 aromatic heterocycles. The van der Waals surface area contributed by atoms with Crippen LogP contribution in [0.15, 0.2) is 12.4 Å². The molecule has 1 heterocycles. The maximum atomic E-state index is 3.76. The molecule has 0 saturated carbocycles. The lowest BCUT2D eigenvalue weighted by atomic mass is 9.92. The van der Waals surface area contributed by atoms with Crippen molar-refractivity contribution in [2.24, 2.45) is 0 Å². The van der Waals surface area contributed by atoms with Crippen LogP contribution in [0, 0.1) is 0 Å². The summed E-state index contributed by atoms with van der Waals surface area (Å²) in [6.45, 7) is 9.43. The lowest BCUT2D eigenvalue weighted by Gasteiger charge is -2.17. The van der Waals surface area contributed by atoms with Crippen molar-refractivity contribution in [3.63, 3.8) is 0 Å². The van der Waals surface area contributed by atoms with Crippen LogP contribution in [0.2, 0.25) is 0 Å². The first-order valence-electron chi connectivity index (χ1n) is 21.3. The molecule has 1 aromatic rings. The van der Waals surface area contributed by atoms with Gasteiger partial charge in [-0.1, -0.05) is 213 Å². The van der Waals surface area contributed by atoms with Gasteiger partial charge in [0.15, 0.2) is 0 Å². The summed E-state index contributed by atoms with van der Waals surface area (Å²) in [7, 11) is 0. The van der Waals surface area contributed by atoms with Crippen LogP contribution in [-0.4, -0.2) is 4.98 Å². The fourth-order valence-electron chi connectivity index (χ4n) is 7.49. The fourth-order valence-corrected chi connectivity index (χ4v) is 7.49. The number of hydrogen-bond donors (Lipinski definition) is 1. The van der Waals surface area contributed by atoms with Gasteiger partial charge in [0.2, 0.25) is 0 Å². The molecular formula is C43H85N2+. The van der Waals surface area contributed by atoms with E-state index in [1.807, 2.05) is 0 Å². The van der Waals surface area contributed by atoms with Gasteiger partial charge in [-0.3, -0.25) is 0 Å². The van der Waals surface area contributed by atoms with Crippen LogP contribution >= 0.6 is 0 Å². The van der Waals surface area contributed by atoms with Crippen LogP contribution in [0.5, 0.6) is 0 Å². The zero-order chi connectivity index (χ0) is 32.5. The largest absolute Gasteiger partial charge is 0.257 e. The molecule has 2 heteroatoms. The molecule has 2 unspecified atom stereocenters. The first-order valence-corrected chi connectivity index (χ1v) is 21.3. The van der Waals surface area contributed by atoms with Gasteiger partial charge in [-0.2, -0.15) is 0 Å². The van der Waals surface area contributed by atoms with Crippen molar-refractivity contribution in [1.29, 1.82) is 0 Å². The molecule has 0 aliphatic rings. The molecule has 0 saturated heterocycles. The Morgan fingerprint density at radius 1 is 0.422 bits per heavy atom. The number of aromatic amines is 1. The van der Waals surface area contributed by atoms with Gasteiger partial charge in [0.1, 0.15) is 12.4 Å². The molecule has 2 nitrogen and oxygen atoms in total. The van der Waals surface area contributed by atoms with Gasteiger partial charge in [0, 0.05) is 0 Å². The minimum Gasteiger partial charge on any atom is -0.247 e. The number of nitrogens with zero attached hydrogens (tertiary/aromatic N) is 1. The molecule has 0 aromatic carbocycles. The maximum absolute atomic E-state index is 3.76. The Kier molecular flexibility index (Phi) is 31.1. The number of hydrogen-bond acceptors (Lipinski definition) is 0. The summed E-state index contributed by atoms with van der Waals surface area (Å²) in [4.78, 5) is 3.76. The number of H-pyrrole nitrogens is 1. The highest BCUT2D eigenvalue weighted by Crippen LogP contribution is 2.27. The topological polar surface area (TPSA) is 19.7 Å². The van der Waals surface area contributed by atoms with Crippen LogP contribution in [0.25, 0.3) is 0 Å². The Bertz CT molecular complexity index is 694. The quantitative estimate of drug-likeness (QED) is 0.0563. The molecule has 266 valence electrons. The molecule has 0 bridgehead atoms. The van der Waals surface area contributed by atoms with E-state index < -0.39 is 0 Å². The molecule has 45 heavy (non-hydrogen) atoms.